The maximum absolute atomic E-state index is 13.3. The van der Waals surface area contributed by atoms with E-state index in [1.54, 1.807) is 24.5 Å². The van der Waals surface area contributed by atoms with E-state index in [1.807, 2.05) is 29.3 Å². The third-order valence-electron chi connectivity index (χ3n) is 4.71. The van der Waals surface area contributed by atoms with Crippen molar-refractivity contribution in [1.29, 1.82) is 0 Å². The topological polar surface area (TPSA) is 38.0 Å². The van der Waals surface area contributed by atoms with E-state index in [2.05, 4.69) is 0 Å². The Balaban J connectivity index is 1.61. The first-order valence-corrected chi connectivity index (χ1v) is 8.68. The van der Waals surface area contributed by atoms with Crippen LogP contribution in [0, 0.1) is 5.82 Å². The standard InChI is InChI=1S/C20H14ClFN2O2/c21-13-5-8-18-15(10-13)17-11-16(19-2-1-9-25-19)23-24(17)20(26-18)12-3-6-14(22)7-4-12/h1-10,17,20H,11H2/t17-,20-/m0/s1. The van der Waals surface area contributed by atoms with Crippen LogP contribution in [0.15, 0.2) is 70.4 Å². The van der Waals surface area contributed by atoms with Gasteiger partial charge in [-0.3, -0.25) is 0 Å². The normalized spacial score (nSPS) is 21.0. The van der Waals surface area contributed by atoms with Crippen molar-refractivity contribution in [2.45, 2.75) is 18.7 Å². The van der Waals surface area contributed by atoms with Gasteiger partial charge in [0.2, 0.25) is 6.23 Å². The van der Waals surface area contributed by atoms with Gasteiger partial charge in [0.05, 0.1) is 12.3 Å². The van der Waals surface area contributed by atoms with E-state index in [9.17, 15) is 4.39 Å². The minimum atomic E-state index is -0.443. The van der Waals surface area contributed by atoms with E-state index in [0.29, 0.717) is 11.4 Å². The van der Waals surface area contributed by atoms with Gasteiger partial charge in [-0.25, -0.2) is 9.40 Å². The molecule has 6 heteroatoms. The molecule has 0 saturated carbocycles. The molecule has 0 N–H and O–H groups in total. The fourth-order valence-electron chi connectivity index (χ4n) is 3.50. The van der Waals surface area contributed by atoms with Gasteiger partial charge in [0, 0.05) is 22.6 Å². The molecule has 0 bridgehead atoms. The number of benzene rings is 2. The van der Waals surface area contributed by atoms with Crippen molar-refractivity contribution in [3.8, 4) is 5.75 Å². The summed E-state index contributed by atoms with van der Waals surface area (Å²) < 4.78 is 25.1. The minimum Gasteiger partial charge on any atom is -0.464 e. The Morgan fingerprint density at radius 1 is 1.12 bits per heavy atom. The van der Waals surface area contributed by atoms with Crippen LogP contribution < -0.4 is 4.74 Å². The van der Waals surface area contributed by atoms with Crippen molar-refractivity contribution in [2.75, 3.05) is 0 Å². The third kappa shape index (κ3) is 2.47. The van der Waals surface area contributed by atoms with Crippen LogP contribution in [-0.4, -0.2) is 10.7 Å². The molecule has 3 aromatic rings. The molecule has 3 heterocycles. The van der Waals surface area contributed by atoms with Crippen molar-refractivity contribution >= 4 is 17.3 Å². The van der Waals surface area contributed by atoms with Gasteiger partial charge in [-0.2, -0.15) is 5.10 Å². The molecule has 4 nitrogen and oxygen atoms in total. The zero-order valence-electron chi connectivity index (χ0n) is 13.6. The van der Waals surface area contributed by atoms with Gasteiger partial charge in [0.1, 0.15) is 23.0 Å². The third-order valence-corrected chi connectivity index (χ3v) is 4.95. The monoisotopic (exact) mass is 368 g/mol. The number of hydrogen-bond donors (Lipinski definition) is 0. The lowest BCUT2D eigenvalue weighted by atomic mass is 9.97. The average molecular weight is 369 g/mol. The summed E-state index contributed by atoms with van der Waals surface area (Å²) in [4.78, 5) is 0. The summed E-state index contributed by atoms with van der Waals surface area (Å²) in [5.74, 6) is 1.22. The number of rotatable bonds is 2. The Kier molecular flexibility index (Phi) is 3.50. The van der Waals surface area contributed by atoms with E-state index < -0.39 is 6.23 Å². The van der Waals surface area contributed by atoms with Crippen molar-refractivity contribution in [3.63, 3.8) is 0 Å². The summed E-state index contributed by atoms with van der Waals surface area (Å²) in [6.07, 6.45) is 1.87. The molecular weight excluding hydrogens is 355 g/mol. The predicted octanol–water partition coefficient (Wildman–Crippen LogP) is 5.31. The molecular formula is C20H14ClFN2O2. The van der Waals surface area contributed by atoms with E-state index in [0.717, 1.165) is 28.3 Å². The molecule has 0 aliphatic carbocycles. The summed E-state index contributed by atoms with van der Waals surface area (Å²) in [6.45, 7) is 0. The van der Waals surface area contributed by atoms with Gasteiger partial charge in [-0.05, 0) is 42.5 Å². The quantitative estimate of drug-likeness (QED) is 0.614. The highest BCUT2D eigenvalue weighted by molar-refractivity contribution is 6.30. The van der Waals surface area contributed by atoms with Crippen molar-refractivity contribution in [3.05, 3.63) is 88.6 Å². The molecule has 2 aliphatic heterocycles. The molecule has 5 rings (SSSR count). The first-order valence-electron chi connectivity index (χ1n) is 8.30. The van der Waals surface area contributed by atoms with E-state index in [1.165, 1.54) is 12.1 Å². The molecule has 0 amide bonds. The zero-order chi connectivity index (χ0) is 17.7. The van der Waals surface area contributed by atoms with E-state index in [4.69, 9.17) is 25.9 Å². The second-order valence-corrected chi connectivity index (χ2v) is 6.76. The van der Waals surface area contributed by atoms with Crippen molar-refractivity contribution in [1.82, 2.24) is 5.01 Å². The largest absolute Gasteiger partial charge is 0.464 e. The molecule has 0 spiro atoms. The number of hydrogen-bond acceptors (Lipinski definition) is 4. The van der Waals surface area contributed by atoms with Gasteiger partial charge in [-0.15, -0.1) is 0 Å². The number of furan rings is 1. The first-order chi connectivity index (χ1) is 12.7. The smallest absolute Gasteiger partial charge is 0.213 e. The molecule has 2 aromatic carbocycles. The van der Waals surface area contributed by atoms with Crippen LogP contribution in [-0.2, 0) is 0 Å². The zero-order valence-corrected chi connectivity index (χ0v) is 14.4. The molecule has 0 unspecified atom stereocenters. The first kappa shape index (κ1) is 15.5. The molecule has 130 valence electrons. The highest BCUT2D eigenvalue weighted by Gasteiger charge is 2.41. The van der Waals surface area contributed by atoms with E-state index >= 15 is 0 Å². The fourth-order valence-corrected chi connectivity index (χ4v) is 3.68. The highest BCUT2D eigenvalue weighted by atomic mass is 35.5. The Morgan fingerprint density at radius 2 is 1.96 bits per heavy atom. The second-order valence-electron chi connectivity index (χ2n) is 6.33. The molecule has 2 aliphatic rings. The lowest BCUT2D eigenvalue weighted by molar-refractivity contribution is -0.0190. The Labute approximate surface area is 154 Å². The van der Waals surface area contributed by atoms with Crippen LogP contribution in [0.4, 0.5) is 4.39 Å². The number of hydrazone groups is 1. The van der Waals surface area contributed by atoms with Crippen LogP contribution in [0.2, 0.25) is 5.02 Å². The van der Waals surface area contributed by atoms with Crippen molar-refractivity contribution < 1.29 is 13.5 Å². The van der Waals surface area contributed by atoms with Crippen LogP contribution in [0.25, 0.3) is 0 Å². The van der Waals surface area contributed by atoms with Gasteiger partial charge in [0.15, 0.2) is 0 Å². The summed E-state index contributed by atoms with van der Waals surface area (Å²) in [5.41, 5.74) is 2.67. The van der Waals surface area contributed by atoms with Crippen LogP contribution in [0.1, 0.15) is 35.6 Å². The average Bonchev–Trinajstić information content (AvgIpc) is 3.32. The number of fused-ring (bicyclic) bond motifs is 3. The summed E-state index contributed by atoms with van der Waals surface area (Å²) in [5, 5.41) is 7.31. The molecule has 1 aromatic heterocycles. The number of halogens is 2. The maximum atomic E-state index is 13.3. The summed E-state index contributed by atoms with van der Waals surface area (Å²) >= 11 is 6.20. The molecule has 2 atom stereocenters. The Morgan fingerprint density at radius 3 is 2.73 bits per heavy atom. The molecule has 0 fully saturated rings. The Hall–Kier alpha value is -2.79. The minimum absolute atomic E-state index is 0.0207. The SMILES string of the molecule is Fc1ccc([C@@H]2Oc3ccc(Cl)cc3[C@@H]3CC(c4ccco4)=NN32)cc1. The molecule has 0 saturated heterocycles. The lowest BCUT2D eigenvalue weighted by Crippen LogP contribution is -2.33. The number of ether oxygens (including phenoxy) is 1. The molecule has 0 radical (unpaired) electrons. The van der Waals surface area contributed by atoms with E-state index in [-0.39, 0.29) is 11.9 Å². The fraction of sp³-hybridized carbons (Fsp3) is 0.150. The second kappa shape index (κ2) is 5.88. The molecule has 26 heavy (non-hydrogen) atoms. The maximum Gasteiger partial charge on any atom is 0.213 e. The highest BCUT2D eigenvalue weighted by Crippen LogP contribution is 2.48. The van der Waals surface area contributed by atoms with Crippen LogP contribution in [0.5, 0.6) is 5.75 Å². The van der Waals surface area contributed by atoms with Gasteiger partial charge in [-0.1, -0.05) is 23.7 Å². The predicted molar refractivity (Wildman–Crippen MR) is 95.7 cm³/mol. The number of nitrogens with zero attached hydrogens (tertiary/aromatic N) is 2. The van der Waals surface area contributed by atoms with Gasteiger partial charge < -0.3 is 9.15 Å². The van der Waals surface area contributed by atoms with Crippen LogP contribution in [0.3, 0.4) is 0 Å². The van der Waals surface area contributed by atoms with Gasteiger partial charge >= 0.3 is 0 Å². The van der Waals surface area contributed by atoms with Crippen LogP contribution >= 0.6 is 11.6 Å². The van der Waals surface area contributed by atoms with Crippen molar-refractivity contribution in [2.24, 2.45) is 5.10 Å². The Bertz CT molecular complexity index is 986. The summed E-state index contributed by atoms with van der Waals surface area (Å²) in [7, 11) is 0. The summed E-state index contributed by atoms with van der Waals surface area (Å²) in [6, 6.07) is 15.6. The lowest BCUT2D eigenvalue weighted by Gasteiger charge is -2.38. The van der Waals surface area contributed by atoms with Gasteiger partial charge in [0.25, 0.3) is 0 Å².